The standard InChI is InChI=1S/C23H23N5O3/c1-15-6-4-9-18-20(15)25-14-28(23(18)30)13-19(29)26-21(22-24-10-11-27(22)2)16-7-5-8-17(12-16)31-3/h4-12,14,21H,13H2,1-3H3,(H,26,29). The van der Waals surface area contributed by atoms with Gasteiger partial charge in [0.25, 0.3) is 5.56 Å². The van der Waals surface area contributed by atoms with Crippen LogP contribution < -0.4 is 15.6 Å². The van der Waals surface area contributed by atoms with Crippen LogP contribution in [0.1, 0.15) is 23.0 Å². The van der Waals surface area contributed by atoms with Crippen molar-refractivity contribution in [1.82, 2.24) is 24.4 Å². The number of imidazole rings is 1. The van der Waals surface area contributed by atoms with Gasteiger partial charge in [-0.2, -0.15) is 0 Å². The Kier molecular flexibility index (Phi) is 5.53. The van der Waals surface area contributed by atoms with Crippen molar-refractivity contribution in [1.29, 1.82) is 0 Å². The van der Waals surface area contributed by atoms with Crippen LogP contribution in [0.15, 0.2) is 66.0 Å². The smallest absolute Gasteiger partial charge is 0.261 e. The third-order valence-electron chi connectivity index (χ3n) is 5.22. The number of nitrogens with zero attached hydrogens (tertiary/aromatic N) is 4. The number of fused-ring (bicyclic) bond motifs is 1. The summed E-state index contributed by atoms with van der Waals surface area (Å²) in [6.45, 7) is 1.75. The van der Waals surface area contributed by atoms with Crippen molar-refractivity contribution in [2.45, 2.75) is 19.5 Å². The molecule has 2 heterocycles. The second-order valence-electron chi connectivity index (χ2n) is 7.32. The van der Waals surface area contributed by atoms with Gasteiger partial charge in [-0.3, -0.25) is 14.2 Å². The number of hydrogen-bond donors (Lipinski definition) is 1. The van der Waals surface area contributed by atoms with Crippen LogP contribution in [0, 0.1) is 6.92 Å². The molecular weight excluding hydrogens is 394 g/mol. The molecule has 158 valence electrons. The van der Waals surface area contributed by atoms with Crippen molar-refractivity contribution in [3.63, 3.8) is 0 Å². The van der Waals surface area contributed by atoms with E-state index in [1.807, 2.05) is 61.1 Å². The average molecular weight is 417 g/mol. The van der Waals surface area contributed by atoms with Gasteiger partial charge in [0.15, 0.2) is 0 Å². The number of amides is 1. The highest BCUT2D eigenvalue weighted by molar-refractivity contribution is 5.81. The molecule has 2 aromatic carbocycles. The van der Waals surface area contributed by atoms with Gasteiger partial charge in [0.05, 0.1) is 24.3 Å². The van der Waals surface area contributed by atoms with E-state index in [1.54, 1.807) is 19.4 Å². The molecule has 0 saturated carbocycles. The first kappa shape index (κ1) is 20.3. The lowest BCUT2D eigenvalue weighted by Gasteiger charge is -2.20. The Morgan fingerprint density at radius 2 is 2.00 bits per heavy atom. The summed E-state index contributed by atoms with van der Waals surface area (Å²) in [5.41, 5.74) is 2.13. The minimum absolute atomic E-state index is 0.152. The van der Waals surface area contributed by atoms with Gasteiger partial charge in [-0.1, -0.05) is 24.3 Å². The van der Waals surface area contributed by atoms with Gasteiger partial charge in [-0.25, -0.2) is 9.97 Å². The SMILES string of the molecule is COc1cccc(C(NC(=O)Cn2cnc3c(C)cccc3c2=O)c2nccn2C)c1. The van der Waals surface area contributed by atoms with Crippen molar-refractivity contribution in [3.8, 4) is 5.75 Å². The molecule has 0 radical (unpaired) electrons. The van der Waals surface area contributed by atoms with E-state index in [0.29, 0.717) is 22.5 Å². The fourth-order valence-electron chi connectivity index (χ4n) is 3.58. The molecule has 0 spiro atoms. The zero-order valence-electron chi connectivity index (χ0n) is 17.6. The second-order valence-corrected chi connectivity index (χ2v) is 7.32. The van der Waals surface area contributed by atoms with E-state index in [-0.39, 0.29) is 18.0 Å². The lowest BCUT2D eigenvalue weighted by atomic mass is 10.1. The number of rotatable bonds is 6. The Bertz CT molecular complexity index is 1310. The van der Waals surface area contributed by atoms with Gasteiger partial charge in [-0.05, 0) is 36.2 Å². The molecule has 4 rings (SSSR count). The van der Waals surface area contributed by atoms with Crippen LogP contribution in [0.4, 0.5) is 0 Å². The maximum Gasteiger partial charge on any atom is 0.261 e. The Balaban J connectivity index is 1.64. The molecule has 8 heteroatoms. The molecule has 0 aliphatic rings. The molecule has 0 fully saturated rings. The summed E-state index contributed by atoms with van der Waals surface area (Å²) in [6, 6.07) is 12.4. The molecule has 31 heavy (non-hydrogen) atoms. The average Bonchev–Trinajstić information content (AvgIpc) is 3.20. The van der Waals surface area contributed by atoms with Crippen LogP contribution in [0.25, 0.3) is 10.9 Å². The van der Waals surface area contributed by atoms with Crippen LogP contribution in [0.2, 0.25) is 0 Å². The maximum absolute atomic E-state index is 12.9. The number of methoxy groups -OCH3 is 1. The first-order chi connectivity index (χ1) is 15.0. The summed E-state index contributed by atoms with van der Waals surface area (Å²) in [5.74, 6) is 1.02. The topological polar surface area (TPSA) is 91.0 Å². The summed E-state index contributed by atoms with van der Waals surface area (Å²) >= 11 is 0. The number of carbonyl (C=O) groups excluding carboxylic acids is 1. The van der Waals surface area contributed by atoms with Crippen molar-refractivity contribution in [3.05, 3.63) is 88.5 Å². The molecule has 1 unspecified atom stereocenters. The Labute approximate surface area is 179 Å². The summed E-state index contributed by atoms with van der Waals surface area (Å²) in [6.07, 6.45) is 4.90. The fourth-order valence-corrected chi connectivity index (χ4v) is 3.58. The predicted molar refractivity (Wildman–Crippen MR) is 117 cm³/mol. The second kappa shape index (κ2) is 8.43. The van der Waals surface area contributed by atoms with E-state index in [2.05, 4.69) is 15.3 Å². The third-order valence-corrected chi connectivity index (χ3v) is 5.22. The molecule has 1 atom stereocenters. The first-order valence-corrected chi connectivity index (χ1v) is 9.83. The van der Waals surface area contributed by atoms with Gasteiger partial charge in [0.1, 0.15) is 24.2 Å². The maximum atomic E-state index is 12.9. The first-order valence-electron chi connectivity index (χ1n) is 9.83. The summed E-state index contributed by atoms with van der Waals surface area (Å²) in [5, 5.41) is 3.49. The molecule has 0 saturated heterocycles. The van der Waals surface area contributed by atoms with Crippen LogP contribution in [0.3, 0.4) is 0 Å². The number of aromatic nitrogens is 4. The lowest BCUT2D eigenvalue weighted by Crippen LogP contribution is -2.36. The van der Waals surface area contributed by atoms with Crippen molar-refractivity contribution in [2.24, 2.45) is 7.05 Å². The number of ether oxygens (including phenoxy) is 1. The van der Waals surface area contributed by atoms with Crippen LogP contribution in [-0.4, -0.2) is 32.1 Å². The molecule has 4 aromatic rings. The largest absolute Gasteiger partial charge is 0.497 e. The van der Waals surface area contributed by atoms with Gasteiger partial charge in [0, 0.05) is 19.4 Å². The van der Waals surface area contributed by atoms with E-state index in [0.717, 1.165) is 11.1 Å². The third kappa shape index (κ3) is 4.05. The Morgan fingerprint density at radius 3 is 2.74 bits per heavy atom. The zero-order valence-corrected chi connectivity index (χ0v) is 17.6. The highest BCUT2D eigenvalue weighted by atomic mass is 16.5. The minimum atomic E-state index is -0.506. The normalized spacial score (nSPS) is 12.0. The van der Waals surface area contributed by atoms with Crippen LogP contribution in [-0.2, 0) is 18.4 Å². The van der Waals surface area contributed by atoms with Gasteiger partial charge >= 0.3 is 0 Å². The summed E-state index contributed by atoms with van der Waals surface area (Å²) < 4.78 is 8.49. The molecule has 0 bridgehead atoms. The lowest BCUT2D eigenvalue weighted by molar-refractivity contribution is -0.122. The molecule has 1 N–H and O–H groups in total. The monoisotopic (exact) mass is 417 g/mol. The molecule has 0 aliphatic carbocycles. The molecule has 0 aliphatic heterocycles. The molecule has 2 aromatic heterocycles. The van der Waals surface area contributed by atoms with E-state index < -0.39 is 6.04 Å². The number of benzene rings is 2. The molecular formula is C23H23N5O3. The van der Waals surface area contributed by atoms with Crippen LogP contribution >= 0.6 is 0 Å². The van der Waals surface area contributed by atoms with Crippen molar-refractivity contribution in [2.75, 3.05) is 7.11 Å². The highest BCUT2D eigenvalue weighted by Gasteiger charge is 2.22. The van der Waals surface area contributed by atoms with E-state index in [1.165, 1.54) is 10.9 Å². The highest BCUT2D eigenvalue weighted by Crippen LogP contribution is 2.24. The van der Waals surface area contributed by atoms with Gasteiger partial charge in [-0.15, -0.1) is 0 Å². The number of aryl methyl sites for hydroxylation is 2. The number of carbonyl (C=O) groups is 1. The zero-order chi connectivity index (χ0) is 22.0. The van der Waals surface area contributed by atoms with E-state index >= 15 is 0 Å². The van der Waals surface area contributed by atoms with Crippen molar-refractivity contribution < 1.29 is 9.53 Å². The number of hydrogen-bond acceptors (Lipinski definition) is 5. The quantitative estimate of drug-likeness (QED) is 0.520. The van der Waals surface area contributed by atoms with E-state index in [9.17, 15) is 9.59 Å². The molecule has 8 nitrogen and oxygen atoms in total. The fraction of sp³-hybridized carbons (Fsp3) is 0.217. The van der Waals surface area contributed by atoms with E-state index in [4.69, 9.17) is 4.74 Å². The predicted octanol–water partition coefficient (Wildman–Crippen LogP) is 2.35. The number of nitrogens with one attached hydrogen (secondary N) is 1. The van der Waals surface area contributed by atoms with Gasteiger partial charge < -0.3 is 14.6 Å². The Morgan fingerprint density at radius 1 is 1.19 bits per heavy atom. The summed E-state index contributed by atoms with van der Waals surface area (Å²) in [7, 11) is 3.45. The van der Waals surface area contributed by atoms with Crippen molar-refractivity contribution >= 4 is 16.8 Å². The number of para-hydroxylation sites is 1. The van der Waals surface area contributed by atoms with Gasteiger partial charge in [0.2, 0.25) is 5.91 Å². The minimum Gasteiger partial charge on any atom is -0.497 e. The Hall–Kier alpha value is -3.94. The summed E-state index contributed by atoms with van der Waals surface area (Å²) in [4.78, 5) is 34.6. The van der Waals surface area contributed by atoms with Crippen LogP contribution in [0.5, 0.6) is 5.75 Å². The molecule has 1 amide bonds.